The fourth-order valence-corrected chi connectivity index (χ4v) is 5.12. The molecule has 4 heteroatoms. The van der Waals surface area contributed by atoms with Gasteiger partial charge in [0.25, 0.3) is 0 Å². The van der Waals surface area contributed by atoms with Crippen LogP contribution in [-0.2, 0) is 19.1 Å². The molecule has 0 heterocycles. The lowest BCUT2D eigenvalue weighted by Crippen LogP contribution is -2.31. The number of ether oxygens (including phenoxy) is 2. The molecule has 2 fully saturated rings. The van der Waals surface area contributed by atoms with Crippen LogP contribution >= 0.6 is 0 Å². The Bertz CT molecular complexity index is 503. The molecule has 0 N–H and O–H groups in total. The third kappa shape index (κ3) is 7.57. The number of carbonyl (C=O) groups excluding carboxylic acids is 2. The van der Waals surface area contributed by atoms with E-state index < -0.39 is 0 Å². The molecular formula is C26H46O4. The maximum atomic E-state index is 12.4. The van der Waals surface area contributed by atoms with Crippen molar-refractivity contribution in [1.82, 2.24) is 0 Å². The van der Waals surface area contributed by atoms with Crippen LogP contribution in [0.25, 0.3) is 0 Å². The summed E-state index contributed by atoms with van der Waals surface area (Å²) in [6.07, 6.45) is 8.15. The van der Waals surface area contributed by atoms with Gasteiger partial charge < -0.3 is 9.47 Å². The van der Waals surface area contributed by atoms with Gasteiger partial charge in [-0.1, -0.05) is 48.5 Å². The summed E-state index contributed by atoms with van der Waals surface area (Å²) < 4.78 is 11.1. The third-order valence-electron chi connectivity index (χ3n) is 7.59. The maximum absolute atomic E-state index is 12.4. The first-order valence-corrected chi connectivity index (χ1v) is 12.2. The standard InChI is InChI=1S/C26H46O4/c1-18(16-29-23(27)19-8-12-21(13-9-19)25(2,3)4)17-30-24(28)20-10-14-22(15-11-20)26(5,6)7/h18-22H,8-17H2,1-7H3. The molecule has 174 valence electrons. The highest BCUT2D eigenvalue weighted by atomic mass is 16.5. The highest BCUT2D eigenvalue weighted by Crippen LogP contribution is 2.41. The Labute approximate surface area is 184 Å². The van der Waals surface area contributed by atoms with Crippen LogP contribution in [0.3, 0.4) is 0 Å². The molecule has 2 aliphatic rings. The number of hydrogen-bond acceptors (Lipinski definition) is 4. The zero-order valence-electron chi connectivity index (χ0n) is 20.6. The molecule has 30 heavy (non-hydrogen) atoms. The minimum atomic E-state index is -0.0685. The molecule has 0 bridgehead atoms. The van der Waals surface area contributed by atoms with E-state index in [4.69, 9.17) is 9.47 Å². The smallest absolute Gasteiger partial charge is 0.308 e. The van der Waals surface area contributed by atoms with E-state index in [9.17, 15) is 9.59 Å². The zero-order chi connectivity index (χ0) is 22.5. The lowest BCUT2D eigenvalue weighted by atomic mass is 9.70. The molecule has 0 aromatic carbocycles. The summed E-state index contributed by atoms with van der Waals surface area (Å²) >= 11 is 0. The van der Waals surface area contributed by atoms with Crippen LogP contribution in [0, 0.1) is 40.4 Å². The van der Waals surface area contributed by atoms with Crippen LogP contribution in [0.15, 0.2) is 0 Å². The normalized spacial score (nSPS) is 29.2. The van der Waals surface area contributed by atoms with Gasteiger partial charge in [0, 0.05) is 5.92 Å². The van der Waals surface area contributed by atoms with Gasteiger partial charge >= 0.3 is 11.9 Å². The molecule has 0 atom stereocenters. The second-order valence-electron chi connectivity index (χ2n) is 12.2. The zero-order valence-corrected chi connectivity index (χ0v) is 20.6. The van der Waals surface area contributed by atoms with Gasteiger partial charge in [0.2, 0.25) is 0 Å². The van der Waals surface area contributed by atoms with Gasteiger partial charge in [-0.3, -0.25) is 9.59 Å². The molecule has 0 aromatic heterocycles. The van der Waals surface area contributed by atoms with E-state index in [1.807, 2.05) is 6.92 Å². The molecule has 0 aliphatic heterocycles. The van der Waals surface area contributed by atoms with E-state index >= 15 is 0 Å². The average molecular weight is 423 g/mol. The van der Waals surface area contributed by atoms with Crippen molar-refractivity contribution in [2.24, 2.45) is 40.4 Å². The van der Waals surface area contributed by atoms with Crippen molar-refractivity contribution in [3.63, 3.8) is 0 Å². The Morgan fingerprint density at radius 2 is 0.967 bits per heavy atom. The van der Waals surface area contributed by atoms with Gasteiger partial charge in [-0.25, -0.2) is 0 Å². The SMILES string of the molecule is CC(COC(=O)C1CCC(C(C)(C)C)CC1)COC(=O)C1CCC(C(C)(C)C)CC1. The van der Waals surface area contributed by atoms with Gasteiger partial charge in [0.05, 0.1) is 25.0 Å². The minimum Gasteiger partial charge on any atom is -0.465 e. The number of carbonyl (C=O) groups is 2. The number of hydrogen-bond donors (Lipinski definition) is 0. The fourth-order valence-electron chi connectivity index (χ4n) is 5.12. The summed E-state index contributed by atoms with van der Waals surface area (Å²) in [5.74, 6) is 1.36. The van der Waals surface area contributed by atoms with Crippen LogP contribution in [0.5, 0.6) is 0 Å². The van der Waals surface area contributed by atoms with Crippen LogP contribution < -0.4 is 0 Å². The van der Waals surface area contributed by atoms with E-state index in [1.165, 1.54) is 0 Å². The molecule has 0 saturated heterocycles. The first-order valence-electron chi connectivity index (χ1n) is 12.2. The van der Waals surface area contributed by atoms with Crippen molar-refractivity contribution >= 4 is 11.9 Å². The van der Waals surface area contributed by atoms with Crippen molar-refractivity contribution in [1.29, 1.82) is 0 Å². The fraction of sp³-hybridized carbons (Fsp3) is 0.923. The molecule has 0 radical (unpaired) electrons. The van der Waals surface area contributed by atoms with E-state index in [0.29, 0.717) is 35.9 Å². The van der Waals surface area contributed by atoms with Gasteiger partial charge in [-0.05, 0) is 74.0 Å². The highest BCUT2D eigenvalue weighted by Gasteiger charge is 2.34. The van der Waals surface area contributed by atoms with Crippen molar-refractivity contribution < 1.29 is 19.1 Å². The van der Waals surface area contributed by atoms with Gasteiger partial charge in [-0.2, -0.15) is 0 Å². The first-order chi connectivity index (χ1) is 13.9. The van der Waals surface area contributed by atoms with Crippen LogP contribution in [0.1, 0.15) is 99.8 Å². The summed E-state index contributed by atoms with van der Waals surface area (Å²) in [7, 11) is 0. The molecule has 0 unspecified atom stereocenters. The first kappa shape index (κ1) is 25.2. The molecule has 0 amide bonds. The average Bonchev–Trinajstić information content (AvgIpc) is 2.69. The van der Waals surface area contributed by atoms with Crippen LogP contribution in [0.4, 0.5) is 0 Å². The Balaban J connectivity index is 1.63. The molecule has 2 aliphatic carbocycles. The lowest BCUT2D eigenvalue weighted by Gasteiger charge is -2.36. The van der Waals surface area contributed by atoms with Crippen molar-refractivity contribution in [3.8, 4) is 0 Å². The molecule has 0 aromatic rings. The highest BCUT2D eigenvalue weighted by molar-refractivity contribution is 5.73. The number of rotatable bonds is 6. The van der Waals surface area contributed by atoms with E-state index in [0.717, 1.165) is 51.4 Å². The van der Waals surface area contributed by atoms with E-state index in [-0.39, 0.29) is 29.7 Å². The summed E-state index contributed by atoms with van der Waals surface area (Å²) in [6.45, 7) is 16.4. The Hall–Kier alpha value is -1.06. The second-order valence-corrected chi connectivity index (χ2v) is 12.2. The van der Waals surface area contributed by atoms with E-state index in [2.05, 4.69) is 41.5 Å². The Morgan fingerprint density at radius 3 is 1.23 bits per heavy atom. The topological polar surface area (TPSA) is 52.6 Å². The van der Waals surface area contributed by atoms with Crippen molar-refractivity contribution in [2.45, 2.75) is 99.8 Å². The maximum Gasteiger partial charge on any atom is 0.308 e. The minimum absolute atomic E-state index is 0.0368. The summed E-state index contributed by atoms with van der Waals surface area (Å²) in [4.78, 5) is 24.9. The van der Waals surface area contributed by atoms with Gasteiger partial charge in [0.1, 0.15) is 0 Å². The quantitative estimate of drug-likeness (QED) is 0.464. The Kier molecular flexibility index (Phi) is 8.82. The summed E-state index contributed by atoms with van der Waals surface area (Å²) in [5.41, 5.74) is 0.637. The summed E-state index contributed by atoms with van der Waals surface area (Å²) in [5, 5.41) is 0. The predicted molar refractivity (Wildman–Crippen MR) is 121 cm³/mol. The monoisotopic (exact) mass is 422 g/mol. The number of esters is 2. The van der Waals surface area contributed by atoms with Gasteiger partial charge in [0.15, 0.2) is 0 Å². The molecular weight excluding hydrogens is 376 g/mol. The predicted octanol–water partition coefficient (Wildman–Crippen LogP) is 6.41. The van der Waals surface area contributed by atoms with E-state index in [1.54, 1.807) is 0 Å². The van der Waals surface area contributed by atoms with Crippen molar-refractivity contribution in [2.75, 3.05) is 13.2 Å². The molecule has 2 saturated carbocycles. The van der Waals surface area contributed by atoms with Crippen LogP contribution in [-0.4, -0.2) is 25.2 Å². The lowest BCUT2D eigenvalue weighted by molar-refractivity contribution is -0.155. The third-order valence-corrected chi connectivity index (χ3v) is 7.59. The summed E-state index contributed by atoms with van der Waals surface area (Å²) in [6, 6.07) is 0. The Morgan fingerprint density at radius 1 is 0.667 bits per heavy atom. The second kappa shape index (κ2) is 10.5. The molecule has 2 rings (SSSR count). The molecule has 0 spiro atoms. The van der Waals surface area contributed by atoms with Crippen molar-refractivity contribution in [3.05, 3.63) is 0 Å². The molecule has 4 nitrogen and oxygen atoms in total. The largest absolute Gasteiger partial charge is 0.465 e. The van der Waals surface area contributed by atoms with Gasteiger partial charge in [-0.15, -0.1) is 0 Å². The van der Waals surface area contributed by atoms with Crippen LogP contribution in [0.2, 0.25) is 0 Å².